The quantitative estimate of drug-likeness (QED) is 0.846. The number of nitrogens with one attached hydrogen (secondary N) is 1. The minimum Gasteiger partial charge on any atom is -0.508 e. The van der Waals surface area contributed by atoms with Gasteiger partial charge in [0.1, 0.15) is 11.6 Å². The van der Waals surface area contributed by atoms with Crippen molar-refractivity contribution in [1.82, 2.24) is 0 Å². The fourth-order valence-electron chi connectivity index (χ4n) is 2.08. The van der Waals surface area contributed by atoms with E-state index in [2.05, 4.69) is 5.32 Å². The molecule has 0 heterocycles. The molecular weight excluding hydrogens is 273 g/mol. The van der Waals surface area contributed by atoms with Crippen LogP contribution in [-0.2, 0) is 4.74 Å². The van der Waals surface area contributed by atoms with Crippen LogP contribution in [0.15, 0.2) is 42.5 Å². The fraction of sp³-hybridized carbons (Fsp3) is 0.188. The number of phenols is 1. The topological polar surface area (TPSA) is 58.6 Å². The predicted molar refractivity (Wildman–Crippen MR) is 77.9 cm³/mol. The van der Waals surface area contributed by atoms with Crippen molar-refractivity contribution in [2.24, 2.45) is 0 Å². The number of esters is 1. The smallest absolute Gasteiger partial charge is 0.339 e. The molecule has 0 radical (unpaired) electrons. The van der Waals surface area contributed by atoms with Crippen LogP contribution in [-0.4, -0.2) is 18.2 Å². The van der Waals surface area contributed by atoms with Gasteiger partial charge in [0.2, 0.25) is 0 Å². The summed E-state index contributed by atoms with van der Waals surface area (Å²) in [7, 11) is 1.31. The number of hydrogen-bond donors (Lipinski definition) is 2. The number of carbonyl (C=O) groups is 1. The molecule has 110 valence electrons. The first-order valence-corrected chi connectivity index (χ1v) is 6.45. The Bertz CT molecular complexity index is 658. The van der Waals surface area contributed by atoms with Gasteiger partial charge in [0, 0.05) is 17.3 Å². The molecule has 2 aromatic rings. The van der Waals surface area contributed by atoms with E-state index < -0.39 is 11.8 Å². The average molecular weight is 289 g/mol. The number of carbonyl (C=O) groups excluding carboxylic acids is 1. The van der Waals surface area contributed by atoms with Crippen LogP contribution in [0.2, 0.25) is 0 Å². The van der Waals surface area contributed by atoms with Crippen LogP contribution in [0.1, 0.15) is 28.9 Å². The van der Waals surface area contributed by atoms with Gasteiger partial charge in [0.25, 0.3) is 0 Å². The van der Waals surface area contributed by atoms with Gasteiger partial charge in [-0.05, 0) is 25.1 Å². The van der Waals surface area contributed by atoms with Gasteiger partial charge in [0.15, 0.2) is 0 Å². The largest absolute Gasteiger partial charge is 0.508 e. The van der Waals surface area contributed by atoms with E-state index in [9.17, 15) is 14.3 Å². The summed E-state index contributed by atoms with van der Waals surface area (Å²) in [5.74, 6) is -1.10. The second kappa shape index (κ2) is 6.26. The lowest BCUT2D eigenvalue weighted by Gasteiger charge is -2.18. The van der Waals surface area contributed by atoms with Crippen molar-refractivity contribution < 1.29 is 19.0 Å². The number of phenolic OH excluding ortho intramolecular Hbond substituents is 1. The van der Waals surface area contributed by atoms with E-state index in [0.717, 1.165) is 6.07 Å². The van der Waals surface area contributed by atoms with Crippen molar-refractivity contribution in [2.75, 3.05) is 12.4 Å². The molecule has 2 N–H and O–H groups in total. The lowest BCUT2D eigenvalue weighted by atomic mass is 10.1. The van der Waals surface area contributed by atoms with Crippen LogP contribution in [0.3, 0.4) is 0 Å². The summed E-state index contributed by atoms with van der Waals surface area (Å²) in [6.07, 6.45) is 0. The zero-order valence-electron chi connectivity index (χ0n) is 11.8. The molecule has 5 heteroatoms. The Morgan fingerprint density at radius 1 is 1.29 bits per heavy atom. The Kier molecular flexibility index (Phi) is 4.42. The van der Waals surface area contributed by atoms with Gasteiger partial charge in [-0.1, -0.05) is 18.2 Å². The Morgan fingerprint density at radius 2 is 2.00 bits per heavy atom. The fourth-order valence-corrected chi connectivity index (χ4v) is 2.08. The Hall–Kier alpha value is -2.56. The van der Waals surface area contributed by atoms with Crippen LogP contribution in [0.5, 0.6) is 5.75 Å². The number of hydrogen-bond acceptors (Lipinski definition) is 4. The molecule has 0 aliphatic rings. The molecule has 2 rings (SSSR count). The number of ether oxygens (including phenoxy) is 1. The summed E-state index contributed by atoms with van der Waals surface area (Å²) in [5.41, 5.74) is 1.34. The maximum absolute atomic E-state index is 13.8. The molecule has 0 bridgehead atoms. The van der Waals surface area contributed by atoms with Gasteiger partial charge in [-0.3, -0.25) is 0 Å². The predicted octanol–water partition coefficient (Wildman–Crippen LogP) is 3.49. The second-order valence-corrected chi connectivity index (χ2v) is 4.61. The van der Waals surface area contributed by atoms with Crippen molar-refractivity contribution in [2.45, 2.75) is 13.0 Å². The minimum atomic E-state index is -0.509. The molecule has 4 nitrogen and oxygen atoms in total. The molecule has 1 unspecified atom stereocenters. The van der Waals surface area contributed by atoms with E-state index >= 15 is 0 Å². The van der Waals surface area contributed by atoms with Crippen LogP contribution < -0.4 is 5.32 Å². The number of para-hydroxylation sites is 1. The zero-order chi connectivity index (χ0) is 15.4. The highest BCUT2D eigenvalue weighted by Crippen LogP contribution is 2.26. The SMILES string of the molecule is COC(=O)c1ccccc1NC(C)c1ccc(O)cc1F. The molecule has 0 aromatic heterocycles. The Morgan fingerprint density at radius 3 is 2.67 bits per heavy atom. The summed E-state index contributed by atoms with van der Waals surface area (Å²) in [6, 6.07) is 10.5. The molecule has 0 saturated carbocycles. The molecule has 2 aromatic carbocycles. The van der Waals surface area contributed by atoms with E-state index in [4.69, 9.17) is 4.74 Å². The lowest BCUT2D eigenvalue weighted by molar-refractivity contribution is 0.0602. The van der Waals surface area contributed by atoms with Crippen LogP contribution in [0, 0.1) is 5.82 Å². The number of rotatable bonds is 4. The average Bonchev–Trinajstić information content (AvgIpc) is 2.46. The summed E-state index contributed by atoms with van der Waals surface area (Å²) >= 11 is 0. The molecule has 21 heavy (non-hydrogen) atoms. The van der Waals surface area contributed by atoms with E-state index in [1.54, 1.807) is 31.2 Å². The van der Waals surface area contributed by atoms with Crippen LogP contribution in [0.25, 0.3) is 0 Å². The Labute approximate surface area is 122 Å². The molecular formula is C16H16FNO3. The molecule has 0 spiro atoms. The maximum Gasteiger partial charge on any atom is 0.339 e. The molecule has 0 amide bonds. The number of halogens is 1. The first-order valence-electron chi connectivity index (χ1n) is 6.45. The van der Waals surface area contributed by atoms with Gasteiger partial charge in [-0.25, -0.2) is 9.18 Å². The Balaban J connectivity index is 2.27. The van der Waals surface area contributed by atoms with Gasteiger partial charge >= 0.3 is 5.97 Å². The highest BCUT2D eigenvalue weighted by atomic mass is 19.1. The summed E-state index contributed by atoms with van der Waals surface area (Å²) in [5, 5.41) is 12.3. The van der Waals surface area contributed by atoms with E-state index in [-0.39, 0.29) is 11.8 Å². The van der Waals surface area contributed by atoms with E-state index in [1.807, 2.05) is 0 Å². The number of aromatic hydroxyl groups is 1. The third-order valence-corrected chi connectivity index (χ3v) is 3.15. The summed E-state index contributed by atoms with van der Waals surface area (Å²) < 4.78 is 18.6. The molecule has 0 fully saturated rings. The highest BCUT2D eigenvalue weighted by molar-refractivity contribution is 5.95. The van der Waals surface area contributed by atoms with E-state index in [1.165, 1.54) is 19.2 Å². The van der Waals surface area contributed by atoms with Gasteiger partial charge in [0.05, 0.1) is 18.7 Å². The molecule has 0 aliphatic heterocycles. The van der Waals surface area contributed by atoms with Crippen molar-refractivity contribution in [3.8, 4) is 5.75 Å². The van der Waals surface area contributed by atoms with E-state index in [0.29, 0.717) is 16.8 Å². The zero-order valence-corrected chi connectivity index (χ0v) is 11.8. The van der Waals surface area contributed by atoms with Gasteiger partial charge < -0.3 is 15.2 Å². The standard InChI is InChI=1S/C16H16FNO3/c1-10(12-8-7-11(19)9-14(12)17)18-15-6-4-3-5-13(15)16(20)21-2/h3-10,18-19H,1-2H3. The van der Waals surface area contributed by atoms with Gasteiger partial charge in [-0.2, -0.15) is 0 Å². The summed E-state index contributed by atoms with van der Waals surface area (Å²) in [4.78, 5) is 11.7. The third-order valence-electron chi connectivity index (χ3n) is 3.15. The summed E-state index contributed by atoms with van der Waals surface area (Å²) in [6.45, 7) is 1.77. The molecule has 0 aliphatic carbocycles. The number of methoxy groups -OCH3 is 1. The van der Waals surface area contributed by atoms with Crippen molar-refractivity contribution in [3.05, 3.63) is 59.4 Å². The van der Waals surface area contributed by atoms with Crippen molar-refractivity contribution in [1.29, 1.82) is 0 Å². The lowest BCUT2D eigenvalue weighted by Crippen LogP contribution is -2.12. The first kappa shape index (κ1) is 14.8. The normalized spacial score (nSPS) is 11.8. The minimum absolute atomic E-state index is 0.126. The third kappa shape index (κ3) is 3.31. The van der Waals surface area contributed by atoms with Crippen LogP contribution in [0.4, 0.5) is 10.1 Å². The van der Waals surface area contributed by atoms with Crippen LogP contribution >= 0.6 is 0 Å². The van der Waals surface area contributed by atoms with Crippen molar-refractivity contribution >= 4 is 11.7 Å². The van der Waals surface area contributed by atoms with Gasteiger partial charge in [-0.15, -0.1) is 0 Å². The maximum atomic E-state index is 13.8. The molecule has 1 atom stereocenters. The number of anilines is 1. The molecule has 0 saturated heterocycles. The first-order chi connectivity index (χ1) is 10.0. The number of benzene rings is 2. The second-order valence-electron chi connectivity index (χ2n) is 4.61. The highest BCUT2D eigenvalue weighted by Gasteiger charge is 2.16. The monoisotopic (exact) mass is 289 g/mol. The van der Waals surface area contributed by atoms with Crippen molar-refractivity contribution in [3.63, 3.8) is 0 Å².